The van der Waals surface area contributed by atoms with Crippen LogP contribution in [0.2, 0.25) is 0 Å². The van der Waals surface area contributed by atoms with Gasteiger partial charge in [-0.3, -0.25) is 0 Å². The largest absolute Gasteiger partial charge is 0.362 e. The molecule has 4 heteroatoms. The van der Waals surface area contributed by atoms with Crippen LogP contribution < -0.4 is 5.32 Å². The summed E-state index contributed by atoms with van der Waals surface area (Å²) in [5, 5.41) is 4.29. The fraction of sp³-hybridized carbons (Fsp3) is 0.727. The fourth-order valence-electron chi connectivity index (χ4n) is 1.09. The summed E-state index contributed by atoms with van der Waals surface area (Å²) in [4.78, 5) is 5.69. The number of hydrogen-bond acceptors (Lipinski definition) is 4. The highest BCUT2D eigenvalue weighted by atomic mass is 32.2. The van der Waals surface area contributed by atoms with Gasteiger partial charge in [-0.15, -0.1) is 11.3 Å². The summed E-state index contributed by atoms with van der Waals surface area (Å²) in [6, 6.07) is 0. The third kappa shape index (κ3) is 4.89. The lowest BCUT2D eigenvalue weighted by atomic mass is 10.2. The molecule has 1 heterocycles. The first-order chi connectivity index (χ1) is 7.26. The van der Waals surface area contributed by atoms with E-state index in [1.54, 1.807) is 11.3 Å². The predicted molar refractivity (Wildman–Crippen MR) is 71.9 cm³/mol. The van der Waals surface area contributed by atoms with E-state index < -0.39 is 0 Å². The van der Waals surface area contributed by atoms with Crippen molar-refractivity contribution in [3.8, 4) is 0 Å². The Hall–Kier alpha value is -0.220. The molecule has 0 amide bonds. The van der Waals surface area contributed by atoms with E-state index in [9.17, 15) is 0 Å². The summed E-state index contributed by atoms with van der Waals surface area (Å²) in [6.07, 6.45) is 3.27. The highest BCUT2D eigenvalue weighted by Crippen LogP contribution is 2.24. The van der Waals surface area contributed by atoms with Crippen molar-refractivity contribution < 1.29 is 0 Å². The summed E-state index contributed by atoms with van der Waals surface area (Å²) in [6.45, 7) is 7.61. The van der Waals surface area contributed by atoms with Crippen LogP contribution >= 0.6 is 23.1 Å². The van der Waals surface area contributed by atoms with Crippen molar-refractivity contribution in [3.63, 3.8) is 0 Å². The summed E-state index contributed by atoms with van der Waals surface area (Å²) >= 11 is 3.79. The molecule has 2 nitrogen and oxygen atoms in total. The zero-order chi connectivity index (χ0) is 11.1. The maximum Gasteiger partial charge on any atom is 0.182 e. The quantitative estimate of drug-likeness (QED) is 0.788. The SMILES string of the molecule is CCNc1ncc(CSCC(C)CC)s1. The Morgan fingerprint density at radius 3 is 3.00 bits per heavy atom. The normalized spacial score (nSPS) is 12.7. The molecule has 0 radical (unpaired) electrons. The average molecular weight is 244 g/mol. The van der Waals surface area contributed by atoms with Crippen LogP contribution in [0.25, 0.3) is 0 Å². The molecule has 86 valence electrons. The number of thioether (sulfide) groups is 1. The number of nitrogens with one attached hydrogen (secondary N) is 1. The van der Waals surface area contributed by atoms with E-state index in [1.165, 1.54) is 17.1 Å². The first kappa shape index (κ1) is 12.8. The van der Waals surface area contributed by atoms with Crippen LogP contribution in [0.5, 0.6) is 0 Å². The van der Waals surface area contributed by atoms with Gasteiger partial charge >= 0.3 is 0 Å². The zero-order valence-corrected chi connectivity index (χ0v) is 11.4. The second kappa shape index (κ2) is 7.12. The van der Waals surface area contributed by atoms with Crippen LogP contribution in [0.15, 0.2) is 6.20 Å². The smallest absolute Gasteiger partial charge is 0.182 e. The molecule has 0 spiro atoms. The molecule has 1 N–H and O–H groups in total. The van der Waals surface area contributed by atoms with Gasteiger partial charge in [-0.2, -0.15) is 11.8 Å². The number of aromatic nitrogens is 1. The third-order valence-electron chi connectivity index (χ3n) is 2.23. The first-order valence-electron chi connectivity index (χ1n) is 5.52. The molecule has 1 aromatic rings. The van der Waals surface area contributed by atoms with Crippen molar-refractivity contribution in [2.75, 3.05) is 17.6 Å². The predicted octanol–water partition coefficient (Wildman–Crippen LogP) is 3.85. The third-order valence-corrected chi connectivity index (χ3v) is 4.68. The molecule has 0 aromatic carbocycles. The Morgan fingerprint density at radius 2 is 2.33 bits per heavy atom. The van der Waals surface area contributed by atoms with Crippen molar-refractivity contribution in [3.05, 3.63) is 11.1 Å². The first-order valence-corrected chi connectivity index (χ1v) is 7.49. The van der Waals surface area contributed by atoms with Gasteiger partial charge in [-0.05, 0) is 18.6 Å². The van der Waals surface area contributed by atoms with Crippen molar-refractivity contribution in [1.82, 2.24) is 4.98 Å². The summed E-state index contributed by atoms with van der Waals surface area (Å²) in [5.41, 5.74) is 0. The van der Waals surface area contributed by atoms with Gasteiger partial charge < -0.3 is 5.32 Å². The molecule has 1 unspecified atom stereocenters. The zero-order valence-electron chi connectivity index (χ0n) is 9.75. The van der Waals surface area contributed by atoms with E-state index in [0.29, 0.717) is 0 Å². The van der Waals surface area contributed by atoms with Crippen molar-refractivity contribution in [1.29, 1.82) is 0 Å². The van der Waals surface area contributed by atoms with Crippen LogP contribution in [0.1, 0.15) is 32.1 Å². The molecular formula is C11H20N2S2. The van der Waals surface area contributed by atoms with Gasteiger partial charge in [0.25, 0.3) is 0 Å². The van der Waals surface area contributed by atoms with Crippen LogP contribution in [-0.2, 0) is 5.75 Å². The van der Waals surface area contributed by atoms with Crippen LogP contribution in [-0.4, -0.2) is 17.3 Å². The van der Waals surface area contributed by atoms with Gasteiger partial charge in [-0.25, -0.2) is 4.98 Å². The standard InChI is InChI=1S/C11H20N2S2/c1-4-9(3)7-14-8-10-6-13-11(15-10)12-5-2/h6,9H,4-5,7-8H2,1-3H3,(H,12,13). The van der Waals surface area contributed by atoms with Crippen LogP contribution in [0, 0.1) is 5.92 Å². The van der Waals surface area contributed by atoms with E-state index in [2.05, 4.69) is 31.1 Å². The molecule has 0 aliphatic rings. The second-order valence-electron chi connectivity index (χ2n) is 3.69. The lowest BCUT2D eigenvalue weighted by molar-refractivity contribution is 0.637. The van der Waals surface area contributed by atoms with Crippen molar-refractivity contribution in [2.24, 2.45) is 5.92 Å². The number of nitrogens with zero attached hydrogens (tertiary/aromatic N) is 1. The highest BCUT2D eigenvalue weighted by Gasteiger charge is 2.03. The van der Waals surface area contributed by atoms with Crippen LogP contribution in [0.3, 0.4) is 0 Å². The highest BCUT2D eigenvalue weighted by molar-refractivity contribution is 7.98. The number of hydrogen-bond donors (Lipinski definition) is 1. The minimum Gasteiger partial charge on any atom is -0.362 e. The average Bonchev–Trinajstić information content (AvgIpc) is 2.66. The molecule has 0 saturated heterocycles. The molecule has 1 aromatic heterocycles. The number of anilines is 1. The van der Waals surface area contributed by atoms with E-state index in [-0.39, 0.29) is 0 Å². The Morgan fingerprint density at radius 1 is 1.53 bits per heavy atom. The van der Waals surface area contributed by atoms with Crippen molar-refractivity contribution >= 4 is 28.2 Å². The minimum atomic E-state index is 0.830. The van der Waals surface area contributed by atoms with E-state index in [1.807, 2.05) is 18.0 Å². The Bertz CT molecular complexity index is 273. The lowest BCUT2D eigenvalue weighted by Crippen LogP contribution is -1.95. The summed E-state index contributed by atoms with van der Waals surface area (Å²) in [7, 11) is 0. The molecule has 15 heavy (non-hydrogen) atoms. The molecule has 1 rings (SSSR count). The maximum atomic E-state index is 4.32. The second-order valence-corrected chi connectivity index (χ2v) is 5.84. The van der Waals surface area contributed by atoms with Crippen molar-refractivity contribution in [2.45, 2.75) is 32.9 Å². The van der Waals surface area contributed by atoms with Gasteiger partial charge in [0.15, 0.2) is 5.13 Å². The molecular weight excluding hydrogens is 224 g/mol. The monoisotopic (exact) mass is 244 g/mol. The number of rotatable bonds is 7. The summed E-state index contributed by atoms with van der Waals surface area (Å²) in [5.74, 6) is 3.19. The van der Waals surface area contributed by atoms with Gasteiger partial charge in [0.05, 0.1) is 0 Å². The molecule has 1 atom stereocenters. The van der Waals surface area contributed by atoms with Gasteiger partial charge in [0.2, 0.25) is 0 Å². The maximum absolute atomic E-state index is 4.32. The molecule has 0 aliphatic carbocycles. The Kier molecular flexibility index (Phi) is 6.10. The van der Waals surface area contributed by atoms with E-state index in [0.717, 1.165) is 23.3 Å². The molecule has 0 bridgehead atoms. The summed E-state index contributed by atoms with van der Waals surface area (Å²) < 4.78 is 0. The lowest BCUT2D eigenvalue weighted by Gasteiger charge is -2.05. The van der Waals surface area contributed by atoms with Gasteiger partial charge in [-0.1, -0.05) is 20.3 Å². The van der Waals surface area contributed by atoms with Gasteiger partial charge in [0.1, 0.15) is 0 Å². The molecule has 0 saturated carbocycles. The Labute approximate surface area is 101 Å². The molecule has 0 aliphatic heterocycles. The van der Waals surface area contributed by atoms with E-state index >= 15 is 0 Å². The fourth-order valence-corrected chi connectivity index (χ4v) is 3.28. The molecule has 0 fully saturated rings. The minimum absolute atomic E-state index is 0.830. The topological polar surface area (TPSA) is 24.9 Å². The van der Waals surface area contributed by atoms with Crippen LogP contribution in [0.4, 0.5) is 5.13 Å². The van der Waals surface area contributed by atoms with Gasteiger partial charge in [0, 0.05) is 23.4 Å². The van der Waals surface area contributed by atoms with E-state index in [4.69, 9.17) is 0 Å². The Balaban J connectivity index is 2.25. The number of thiazole rings is 1.